The topological polar surface area (TPSA) is 78.4 Å². The molecule has 1 aromatic carbocycles. The summed E-state index contributed by atoms with van der Waals surface area (Å²) >= 11 is 0. The van der Waals surface area contributed by atoms with Crippen molar-refractivity contribution in [3.8, 4) is 0 Å². The Kier molecular flexibility index (Phi) is 7.07. The number of rotatable bonds is 7. The van der Waals surface area contributed by atoms with Gasteiger partial charge < -0.3 is 5.32 Å². The summed E-state index contributed by atoms with van der Waals surface area (Å²) in [6.07, 6.45) is 8.08. The van der Waals surface area contributed by atoms with Crippen molar-refractivity contribution >= 4 is 11.8 Å². The molecule has 0 radical (unpaired) electrons. The zero-order chi connectivity index (χ0) is 16.5. The third kappa shape index (κ3) is 5.67. The standard InChI is InChI=1S/C18H26N2O3/c21-17(20-23)8-4-5-13-19-18(22)16-11-9-15(10-12-16)14-6-2-1-3-7-14/h9-12,14,23H,1-8,13H2,(H,19,22)(H,20,21). The monoisotopic (exact) mass is 318 g/mol. The van der Waals surface area contributed by atoms with Gasteiger partial charge in [0.15, 0.2) is 0 Å². The van der Waals surface area contributed by atoms with E-state index in [1.165, 1.54) is 37.7 Å². The fraction of sp³-hybridized carbons (Fsp3) is 0.556. The fourth-order valence-corrected chi connectivity index (χ4v) is 3.11. The lowest BCUT2D eigenvalue weighted by Gasteiger charge is -2.22. The van der Waals surface area contributed by atoms with E-state index in [-0.39, 0.29) is 12.3 Å². The van der Waals surface area contributed by atoms with Gasteiger partial charge in [0.05, 0.1) is 0 Å². The predicted octanol–water partition coefficient (Wildman–Crippen LogP) is 3.14. The summed E-state index contributed by atoms with van der Waals surface area (Å²) in [5.74, 6) is 0.181. The van der Waals surface area contributed by atoms with Gasteiger partial charge in [0, 0.05) is 18.5 Å². The van der Waals surface area contributed by atoms with E-state index in [0.717, 1.165) is 0 Å². The van der Waals surface area contributed by atoms with Crippen LogP contribution in [0.15, 0.2) is 24.3 Å². The number of amides is 2. The van der Waals surface area contributed by atoms with E-state index in [1.807, 2.05) is 12.1 Å². The van der Waals surface area contributed by atoms with Crippen LogP contribution in [0.4, 0.5) is 0 Å². The number of carbonyl (C=O) groups is 2. The average Bonchev–Trinajstić information content (AvgIpc) is 2.62. The Morgan fingerprint density at radius 2 is 1.74 bits per heavy atom. The van der Waals surface area contributed by atoms with Crippen LogP contribution in [0.1, 0.15) is 73.2 Å². The van der Waals surface area contributed by atoms with Gasteiger partial charge in [-0.25, -0.2) is 5.48 Å². The number of hydrogen-bond donors (Lipinski definition) is 3. The highest BCUT2D eigenvalue weighted by molar-refractivity contribution is 5.94. The van der Waals surface area contributed by atoms with Crippen LogP contribution in [0.2, 0.25) is 0 Å². The molecule has 1 aliphatic carbocycles. The van der Waals surface area contributed by atoms with E-state index in [2.05, 4.69) is 17.4 Å². The summed E-state index contributed by atoms with van der Waals surface area (Å²) < 4.78 is 0. The number of nitrogens with one attached hydrogen (secondary N) is 2. The first-order chi connectivity index (χ1) is 11.2. The van der Waals surface area contributed by atoms with Gasteiger partial charge in [-0.05, 0) is 49.3 Å². The van der Waals surface area contributed by atoms with Crippen molar-refractivity contribution in [2.75, 3.05) is 6.54 Å². The second-order valence-corrected chi connectivity index (χ2v) is 6.20. The van der Waals surface area contributed by atoms with Crippen molar-refractivity contribution in [1.29, 1.82) is 0 Å². The Bertz CT molecular complexity index is 508. The molecule has 0 aromatic heterocycles. The van der Waals surface area contributed by atoms with Crippen LogP contribution in [-0.2, 0) is 4.79 Å². The van der Waals surface area contributed by atoms with E-state index in [1.54, 1.807) is 5.48 Å². The lowest BCUT2D eigenvalue weighted by Crippen LogP contribution is -2.25. The quantitative estimate of drug-likeness (QED) is 0.410. The number of hydrogen-bond acceptors (Lipinski definition) is 3. The third-order valence-electron chi connectivity index (χ3n) is 4.49. The van der Waals surface area contributed by atoms with Gasteiger partial charge in [0.25, 0.3) is 5.91 Å². The summed E-state index contributed by atoms with van der Waals surface area (Å²) in [5.41, 5.74) is 3.62. The Labute approximate surface area is 137 Å². The predicted molar refractivity (Wildman–Crippen MR) is 88.4 cm³/mol. The normalized spacial score (nSPS) is 15.2. The van der Waals surface area contributed by atoms with Gasteiger partial charge in [-0.1, -0.05) is 31.4 Å². The molecule has 0 unspecified atom stereocenters. The summed E-state index contributed by atoms with van der Waals surface area (Å²) in [4.78, 5) is 22.9. The van der Waals surface area contributed by atoms with Gasteiger partial charge >= 0.3 is 0 Å². The molecule has 0 bridgehead atoms. The number of benzene rings is 1. The molecule has 2 amide bonds. The summed E-state index contributed by atoms with van der Waals surface area (Å²) in [7, 11) is 0. The highest BCUT2D eigenvalue weighted by atomic mass is 16.5. The molecule has 0 atom stereocenters. The second kappa shape index (κ2) is 9.30. The summed E-state index contributed by atoms with van der Waals surface area (Å²) in [6.45, 7) is 0.530. The second-order valence-electron chi connectivity index (χ2n) is 6.20. The van der Waals surface area contributed by atoms with Gasteiger partial charge in [-0.3, -0.25) is 14.8 Å². The molecule has 23 heavy (non-hydrogen) atoms. The molecule has 126 valence electrons. The minimum absolute atomic E-state index is 0.0770. The lowest BCUT2D eigenvalue weighted by molar-refractivity contribution is -0.129. The molecular weight excluding hydrogens is 292 g/mol. The Hall–Kier alpha value is -1.88. The number of hydroxylamine groups is 1. The molecule has 5 heteroatoms. The van der Waals surface area contributed by atoms with Crippen LogP contribution in [0.3, 0.4) is 0 Å². The molecule has 1 aromatic rings. The van der Waals surface area contributed by atoms with Gasteiger partial charge in [-0.2, -0.15) is 0 Å². The maximum atomic E-state index is 12.1. The van der Waals surface area contributed by atoms with Crippen LogP contribution < -0.4 is 10.8 Å². The van der Waals surface area contributed by atoms with Crippen molar-refractivity contribution in [2.45, 2.75) is 57.3 Å². The molecule has 5 nitrogen and oxygen atoms in total. The molecule has 3 N–H and O–H groups in total. The van der Waals surface area contributed by atoms with Crippen LogP contribution in [0.5, 0.6) is 0 Å². The fourth-order valence-electron chi connectivity index (χ4n) is 3.11. The first-order valence-corrected chi connectivity index (χ1v) is 8.52. The van der Waals surface area contributed by atoms with Gasteiger partial charge in [0.1, 0.15) is 0 Å². The maximum Gasteiger partial charge on any atom is 0.251 e. The first kappa shape index (κ1) is 17.5. The minimum Gasteiger partial charge on any atom is -0.352 e. The Morgan fingerprint density at radius 3 is 2.39 bits per heavy atom. The van der Waals surface area contributed by atoms with Crippen molar-refractivity contribution in [3.63, 3.8) is 0 Å². The molecule has 0 aliphatic heterocycles. The molecule has 0 spiro atoms. The van der Waals surface area contributed by atoms with E-state index in [0.29, 0.717) is 30.9 Å². The van der Waals surface area contributed by atoms with E-state index in [4.69, 9.17) is 5.21 Å². The molecule has 1 fully saturated rings. The van der Waals surface area contributed by atoms with Crippen LogP contribution in [0.25, 0.3) is 0 Å². The SMILES string of the molecule is O=C(CCCCNC(=O)c1ccc(C2CCCCC2)cc1)NO. The highest BCUT2D eigenvalue weighted by Gasteiger charge is 2.15. The molecule has 1 saturated carbocycles. The Balaban J connectivity index is 1.73. The molecule has 0 saturated heterocycles. The van der Waals surface area contributed by atoms with Crippen LogP contribution >= 0.6 is 0 Å². The average molecular weight is 318 g/mol. The lowest BCUT2D eigenvalue weighted by atomic mass is 9.84. The van der Waals surface area contributed by atoms with Gasteiger partial charge in [-0.15, -0.1) is 0 Å². The summed E-state index contributed by atoms with van der Waals surface area (Å²) in [5, 5.41) is 11.2. The number of carbonyl (C=O) groups excluding carboxylic acids is 2. The van der Waals surface area contributed by atoms with E-state index < -0.39 is 5.91 Å². The van der Waals surface area contributed by atoms with E-state index >= 15 is 0 Å². The van der Waals surface area contributed by atoms with Crippen molar-refractivity contribution < 1.29 is 14.8 Å². The zero-order valence-electron chi connectivity index (χ0n) is 13.5. The first-order valence-electron chi connectivity index (χ1n) is 8.52. The highest BCUT2D eigenvalue weighted by Crippen LogP contribution is 2.32. The maximum absolute atomic E-state index is 12.1. The molecule has 0 heterocycles. The largest absolute Gasteiger partial charge is 0.352 e. The van der Waals surface area contributed by atoms with Gasteiger partial charge in [0.2, 0.25) is 5.91 Å². The zero-order valence-corrected chi connectivity index (χ0v) is 13.5. The number of unbranched alkanes of at least 4 members (excludes halogenated alkanes) is 1. The van der Waals surface area contributed by atoms with Crippen LogP contribution in [0, 0.1) is 0 Å². The Morgan fingerprint density at radius 1 is 1.04 bits per heavy atom. The smallest absolute Gasteiger partial charge is 0.251 e. The van der Waals surface area contributed by atoms with Crippen molar-refractivity contribution in [1.82, 2.24) is 10.8 Å². The van der Waals surface area contributed by atoms with Crippen LogP contribution in [-0.4, -0.2) is 23.6 Å². The van der Waals surface area contributed by atoms with Crippen molar-refractivity contribution in [3.05, 3.63) is 35.4 Å². The summed E-state index contributed by atoms with van der Waals surface area (Å²) in [6, 6.07) is 7.96. The molecular formula is C18H26N2O3. The van der Waals surface area contributed by atoms with E-state index in [9.17, 15) is 9.59 Å². The molecule has 2 rings (SSSR count). The third-order valence-corrected chi connectivity index (χ3v) is 4.49. The van der Waals surface area contributed by atoms with Crippen molar-refractivity contribution in [2.24, 2.45) is 0 Å². The molecule has 1 aliphatic rings. The minimum atomic E-state index is -0.394.